The summed E-state index contributed by atoms with van der Waals surface area (Å²) in [5.74, 6) is 0.721. The molecule has 3 N–H and O–H groups in total. The van der Waals surface area contributed by atoms with E-state index >= 15 is 0 Å². The summed E-state index contributed by atoms with van der Waals surface area (Å²) in [5.41, 5.74) is 6.66. The zero-order valence-corrected chi connectivity index (χ0v) is 11.6. The lowest BCUT2D eigenvalue weighted by atomic mass is 9.82. The maximum atomic E-state index is 10.1. The van der Waals surface area contributed by atoms with Crippen LogP contribution in [0.3, 0.4) is 0 Å². The highest BCUT2D eigenvalue weighted by molar-refractivity contribution is 5.85. The highest BCUT2D eigenvalue weighted by Crippen LogP contribution is 2.32. The van der Waals surface area contributed by atoms with E-state index in [4.69, 9.17) is 10.5 Å². The zero-order valence-electron chi connectivity index (χ0n) is 10.8. The van der Waals surface area contributed by atoms with Crippen LogP contribution in [0.2, 0.25) is 0 Å². The average molecular weight is 260 g/mol. The van der Waals surface area contributed by atoms with Gasteiger partial charge in [0, 0.05) is 5.56 Å². The largest absolute Gasteiger partial charge is 0.496 e. The normalized spacial score (nSPS) is 14.7. The molecule has 0 aliphatic carbocycles. The van der Waals surface area contributed by atoms with E-state index in [-0.39, 0.29) is 17.8 Å². The van der Waals surface area contributed by atoms with Crippen molar-refractivity contribution in [1.29, 1.82) is 0 Å². The highest BCUT2D eigenvalue weighted by Gasteiger charge is 2.30. The van der Waals surface area contributed by atoms with Crippen LogP contribution in [0.4, 0.5) is 0 Å². The van der Waals surface area contributed by atoms with Gasteiger partial charge in [-0.25, -0.2) is 0 Å². The Balaban J connectivity index is 0.00000256. The molecule has 0 bridgehead atoms. The van der Waals surface area contributed by atoms with Gasteiger partial charge in [0.1, 0.15) is 5.75 Å². The van der Waals surface area contributed by atoms with Gasteiger partial charge in [0.2, 0.25) is 0 Å². The van der Waals surface area contributed by atoms with Crippen molar-refractivity contribution in [1.82, 2.24) is 0 Å². The molecule has 98 valence electrons. The van der Waals surface area contributed by atoms with Crippen LogP contribution >= 0.6 is 12.4 Å². The predicted octanol–water partition coefficient (Wildman–Crippen LogP) is 2.52. The number of rotatable bonds is 3. The molecule has 0 amide bonds. The van der Waals surface area contributed by atoms with Gasteiger partial charge in [0.15, 0.2) is 0 Å². The van der Waals surface area contributed by atoms with Crippen molar-refractivity contribution < 1.29 is 9.84 Å². The van der Waals surface area contributed by atoms with E-state index in [1.165, 1.54) is 0 Å². The van der Waals surface area contributed by atoms with Crippen LogP contribution in [-0.4, -0.2) is 18.3 Å². The van der Waals surface area contributed by atoms with Gasteiger partial charge in [-0.05, 0) is 11.5 Å². The molecular formula is C13H22ClNO2. The summed E-state index contributed by atoms with van der Waals surface area (Å²) in [7, 11) is 1.61. The summed E-state index contributed by atoms with van der Waals surface area (Å²) in [5, 5.41) is 10.1. The number of benzene rings is 1. The summed E-state index contributed by atoms with van der Waals surface area (Å²) in [6.45, 7) is 5.90. The van der Waals surface area contributed by atoms with Crippen LogP contribution < -0.4 is 10.5 Å². The molecule has 0 saturated carbocycles. The minimum absolute atomic E-state index is 0. The smallest absolute Gasteiger partial charge is 0.123 e. The molecule has 4 heteroatoms. The van der Waals surface area contributed by atoms with Gasteiger partial charge < -0.3 is 15.6 Å². The third-order valence-corrected chi connectivity index (χ3v) is 2.73. The Labute approximate surface area is 109 Å². The van der Waals surface area contributed by atoms with Crippen LogP contribution in [0.25, 0.3) is 0 Å². The van der Waals surface area contributed by atoms with Crippen LogP contribution in [0.5, 0.6) is 5.75 Å². The Morgan fingerprint density at radius 3 is 2.24 bits per heavy atom. The molecule has 1 rings (SSSR count). The fourth-order valence-corrected chi connectivity index (χ4v) is 1.65. The molecular weight excluding hydrogens is 238 g/mol. The summed E-state index contributed by atoms with van der Waals surface area (Å²) >= 11 is 0. The Morgan fingerprint density at radius 2 is 1.76 bits per heavy atom. The molecule has 0 spiro atoms. The van der Waals surface area contributed by atoms with Crippen molar-refractivity contribution in [2.75, 3.05) is 7.11 Å². The minimum Gasteiger partial charge on any atom is -0.496 e. The molecule has 0 unspecified atom stereocenters. The number of aliphatic hydroxyl groups excluding tert-OH is 1. The van der Waals surface area contributed by atoms with Gasteiger partial charge in [-0.15, -0.1) is 12.4 Å². The number of methoxy groups -OCH3 is 1. The van der Waals surface area contributed by atoms with Crippen LogP contribution in [0, 0.1) is 5.41 Å². The van der Waals surface area contributed by atoms with Gasteiger partial charge in [0.05, 0.1) is 19.3 Å². The Kier molecular flexibility index (Phi) is 5.96. The van der Waals surface area contributed by atoms with E-state index in [0.717, 1.165) is 11.3 Å². The molecule has 2 atom stereocenters. The maximum Gasteiger partial charge on any atom is 0.123 e. The molecule has 0 aromatic heterocycles. The molecule has 0 fully saturated rings. The number of hydrogen-bond donors (Lipinski definition) is 2. The molecule has 0 aliphatic heterocycles. The number of para-hydroxylation sites is 1. The van der Waals surface area contributed by atoms with E-state index in [9.17, 15) is 5.11 Å². The highest BCUT2D eigenvalue weighted by atomic mass is 35.5. The van der Waals surface area contributed by atoms with Crippen molar-refractivity contribution >= 4 is 12.4 Å². The number of nitrogens with two attached hydrogens (primary N) is 1. The van der Waals surface area contributed by atoms with Gasteiger partial charge in [-0.1, -0.05) is 39.0 Å². The van der Waals surface area contributed by atoms with Crippen LogP contribution in [0.15, 0.2) is 24.3 Å². The maximum absolute atomic E-state index is 10.1. The Bertz CT molecular complexity index is 350. The van der Waals surface area contributed by atoms with E-state index < -0.39 is 12.1 Å². The van der Waals surface area contributed by atoms with Crippen molar-refractivity contribution in [2.24, 2.45) is 11.1 Å². The van der Waals surface area contributed by atoms with Crippen molar-refractivity contribution in [3.8, 4) is 5.75 Å². The quantitative estimate of drug-likeness (QED) is 0.877. The SMILES string of the molecule is COc1ccccc1[C@H](N)[C@H](O)C(C)(C)C.Cl. The first-order chi connectivity index (χ1) is 7.38. The van der Waals surface area contributed by atoms with Crippen molar-refractivity contribution in [3.63, 3.8) is 0 Å². The second kappa shape index (κ2) is 6.24. The predicted molar refractivity (Wildman–Crippen MR) is 72.6 cm³/mol. The van der Waals surface area contributed by atoms with Crippen molar-refractivity contribution in [2.45, 2.75) is 32.9 Å². The monoisotopic (exact) mass is 259 g/mol. The van der Waals surface area contributed by atoms with E-state index in [2.05, 4.69) is 0 Å². The van der Waals surface area contributed by atoms with Gasteiger partial charge in [0.25, 0.3) is 0 Å². The topological polar surface area (TPSA) is 55.5 Å². The second-order valence-electron chi connectivity index (χ2n) is 5.08. The lowest BCUT2D eigenvalue weighted by molar-refractivity contribution is 0.0394. The van der Waals surface area contributed by atoms with Gasteiger partial charge >= 0.3 is 0 Å². The first-order valence-electron chi connectivity index (χ1n) is 5.44. The number of ether oxygens (including phenoxy) is 1. The minimum atomic E-state index is -0.608. The molecule has 1 aromatic rings. The lowest BCUT2D eigenvalue weighted by Gasteiger charge is -2.31. The third kappa shape index (κ3) is 3.87. The van der Waals surface area contributed by atoms with Crippen molar-refractivity contribution in [3.05, 3.63) is 29.8 Å². The molecule has 0 radical (unpaired) electrons. The summed E-state index contributed by atoms with van der Waals surface area (Å²) in [6.07, 6.45) is -0.608. The van der Waals surface area contributed by atoms with Gasteiger partial charge in [-0.2, -0.15) is 0 Å². The lowest BCUT2D eigenvalue weighted by Crippen LogP contribution is -2.37. The Morgan fingerprint density at radius 1 is 1.24 bits per heavy atom. The number of halogens is 1. The van der Waals surface area contributed by atoms with E-state index in [1.54, 1.807) is 7.11 Å². The summed E-state index contributed by atoms with van der Waals surface area (Å²) < 4.78 is 5.24. The second-order valence-corrected chi connectivity index (χ2v) is 5.08. The average Bonchev–Trinajstić information content (AvgIpc) is 2.25. The number of hydrogen-bond acceptors (Lipinski definition) is 3. The van der Waals surface area contributed by atoms with Gasteiger partial charge in [-0.3, -0.25) is 0 Å². The molecule has 0 heterocycles. The fourth-order valence-electron chi connectivity index (χ4n) is 1.65. The standard InChI is InChI=1S/C13H21NO2.ClH/c1-13(2,3)12(15)11(14)9-7-5-6-8-10(9)16-4;/h5-8,11-12,15H,14H2,1-4H3;1H/t11-,12-;/m0./s1. The molecule has 3 nitrogen and oxygen atoms in total. The zero-order chi connectivity index (χ0) is 12.3. The molecule has 1 aromatic carbocycles. The number of aliphatic hydroxyl groups is 1. The Hall–Kier alpha value is -0.770. The van der Waals surface area contributed by atoms with Crippen LogP contribution in [0.1, 0.15) is 32.4 Å². The molecule has 0 aliphatic rings. The fraction of sp³-hybridized carbons (Fsp3) is 0.538. The first kappa shape index (κ1) is 16.2. The van der Waals surface area contributed by atoms with Crippen LogP contribution in [-0.2, 0) is 0 Å². The third-order valence-electron chi connectivity index (χ3n) is 2.73. The summed E-state index contributed by atoms with van der Waals surface area (Å²) in [6, 6.07) is 7.09. The summed E-state index contributed by atoms with van der Waals surface area (Å²) in [4.78, 5) is 0. The van der Waals surface area contributed by atoms with E-state index in [0.29, 0.717) is 0 Å². The molecule has 0 saturated heterocycles. The molecule has 17 heavy (non-hydrogen) atoms. The first-order valence-corrected chi connectivity index (χ1v) is 5.44. The van der Waals surface area contributed by atoms with E-state index in [1.807, 2.05) is 45.0 Å².